The monoisotopic (exact) mass is 297 g/mol. The third-order valence-electron chi connectivity index (χ3n) is 2.99. The maximum absolute atomic E-state index is 13.4. The largest absolute Gasteiger partial charge is 0.398 e. The van der Waals surface area contributed by atoms with E-state index in [2.05, 4.69) is 15.5 Å². The Morgan fingerprint density at radius 1 is 1.50 bits per heavy atom. The summed E-state index contributed by atoms with van der Waals surface area (Å²) in [7, 11) is -0.874. The summed E-state index contributed by atoms with van der Waals surface area (Å²) in [4.78, 5) is 0. The Morgan fingerprint density at radius 2 is 2.25 bits per heavy atom. The third kappa shape index (κ3) is 3.19. The van der Waals surface area contributed by atoms with Crippen LogP contribution in [0.25, 0.3) is 11.4 Å². The Hall–Kier alpha value is -1.83. The highest BCUT2D eigenvalue weighted by Crippen LogP contribution is 2.26. The molecule has 0 radical (unpaired) electrons. The zero-order valence-electron chi connectivity index (χ0n) is 11.3. The van der Waals surface area contributed by atoms with Crippen LogP contribution in [-0.4, -0.2) is 36.4 Å². The second kappa shape index (κ2) is 6.08. The average molecular weight is 297 g/mol. The molecule has 0 spiro atoms. The van der Waals surface area contributed by atoms with Crippen LogP contribution in [0.1, 0.15) is 19.4 Å². The molecule has 20 heavy (non-hydrogen) atoms. The van der Waals surface area contributed by atoms with Gasteiger partial charge in [-0.3, -0.25) is 4.21 Å². The molecule has 0 aliphatic carbocycles. The molecule has 2 aromatic rings. The minimum absolute atomic E-state index is 0.0495. The fraction of sp³-hybridized carbons (Fsp3) is 0.417. The Balaban J connectivity index is 2.32. The summed E-state index contributed by atoms with van der Waals surface area (Å²) in [6, 6.07) is 4.03. The van der Waals surface area contributed by atoms with Gasteiger partial charge >= 0.3 is 0 Å². The molecule has 2 rings (SSSR count). The van der Waals surface area contributed by atoms with Gasteiger partial charge in [0, 0.05) is 34.1 Å². The summed E-state index contributed by atoms with van der Waals surface area (Å²) in [6.07, 6.45) is 2.31. The average Bonchev–Trinajstić information content (AvgIpc) is 2.88. The van der Waals surface area contributed by atoms with E-state index in [0.717, 1.165) is 0 Å². The molecule has 0 aliphatic heterocycles. The minimum atomic E-state index is -0.874. The van der Waals surface area contributed by atoms with Crippen LogP contribution in [0.15, 0.2) is 18.2 Å². The molecule has 6 nitrogen and oxygen atoms in total. The summed E-state index contributed by atoms with van der Waals surface area (Å²) in [6.45, 7) is 1.92. The molecular weight excluding hydrogens is 281 g/mol. The number of aromatic nitrogens is 4. The first-order valence-electron chi connectivity index (χ1n) is 6.12. The lowest BCUT2D eigenvalue weighted by Crippen LogP contribution is -2.12. The number of nitrogen functional groups attached to an aromatic ring is 1. The number of hydrogen-bond acceptors (Lipinski definition) is 5. The van der Waals surface area contributed by atoms with Crippen molar-refractivity contribution in [3.8, 4) is 11.4 Å². The van der Waals surface area contributed by atoms with E-state index in [1.165, 1.54) is 18.2 Å². The number of benzene rings is 1. The normalized spacial score (nSPS) is 14.2. The standard InChI is InChI=1S/C12H16FN5OS/c1-8(5-6-20(2)19)18-12(15-16-17-18)10-7-9(13)3-4-11(10)14/h3-4,7-8H,5-6,14H2,1-2H3. The molecular formula is C12H16FN5OS. The lowest BCUT2D eigenvalue weighted by atomic mass is 10.1. The highest BCUT2D eigenvalue weighted by Gasteiger charge is 2.17. The molecule has 2 unspecified atom stereocenters. The Bertz CT molecular complexity index is 630. The van der Waals surface area contributed by atoms with Crippen LogP contribution in [0.2, 0.25) is 0 Å². The van der Waals surface area contributed by atoms with Crippen molar-refractivity contribution in [3.05, 3.63) is 24.0 Å². The van der Waals surface area contributed by atoms with Crippen LogP contribution in [0, 0.1) is 5.82 Å². The van der Waals surface area contributed by atoms with E-state index in [1.807, 2.05) is 6.92 Å². The molecule has 2 atom stereocenters. The van der Waals surface area contributed by atoms with Crippen LogP contribution in [0.5, 0.6) is 0 Å². The molecule has 2 N–H and O–H groups in total. The van der Waals surface area contributed by atoms with Crippen molar-refractivity contribution in [2.45, 2.75) is 19.4 Å². The zero-order chi connectivity index (χ0) is 14.7. The molecule has 8 heteroatoms. The van der Waals surface area contributed by atoms with Crippen LogP contribution in [0.3, 0.4) is 0 Å². The summed E-state index contributed by atoms with van der Waals surface area (Å²) in [5, 5.41) is 11.5. The van der Waals surface area contributed by atoms with E-state index < -0.39 is 16.6 Å². The second-order valence-electron chi connectivity index (χ2n) is 4.59. The van der Waals surface area contributed by atoms with Crippen molar-refractivity contribution in [2.24, 2.45) is 0 Å². The molecule has 1 aromatic heterocycles. The van der Waals surface area contributed by atoms with E-state index in [4.69, 9.17) is 5.73 Å². The maximum Gasteiger partial charge on any atom is 0.184 e. The van der Waals surface area contributed by atoms with Gasteiger partial charge < -0.3 is 5.73 Å². The topological polar surface area (TPSA) is 86.7 Å². The summed E-state index contributed by atoms with van der Waals surface area (Å²) in [5.41, 5.74) is 6.72. The Labute approximate surface area is 118 Å². The highest BCUT2D eigenvalue weighted by atomic mass is 32.2. The van der Waals surface area contributed by atoms with E-state index in [0.29, 0.717) is 29.2 Å². The third-order valence-corrected chi connectivity index (χ3v) is 3.80. The number of tetrazole rings is 1. The molecule has 1 aromatic carbocycles. The first-order chi connectivity index (χ1) is 9.49. The predicted octanol–water partition coefficient (Wildman–Crippen LogP) is 1.39. The number of hydrogen-bond donors (Lipinski definition) is 1. The molecule has 0 amide bonds. The first kappa shape index (κ1) is 14.6. The lowest BCUT2D eigenvalue weighted by molar-refractivity contribution is 0.470. The Morgan fingerprint density at radius 3 is 2.95 bits per heavy atom. The van der Waals surface area contributed by atoms with Gasteiger partial charge in [0.25, 0.3) is 0 Å². The van der Waals surface area contributed by atoms with Gasteiger partial charge in [0.05, 0.1) is 6.04 Å². The fourth-order valence-corrected chi connectivity index (χ4v) is 2.52. The molecule has 0 saturated heterocycles. The smallest absolute Gasteiger partial charge is 0.184 e. The van der Waals surface area contributed by atoms with Gasteiger partial charge in [-0.2, -0.15) is 0 Å². The van der Waals surface area contributed by atoms with E-state index in [1.54, 1.807) is 10.9 Å². The van der Waals surface area contributed by atoms with Crippen molar-refractivity contribution >= 4 is 16.5 Å². The van der Waals surface area contributed by atoms with Gasteiger partial charge in [-0.05, 0) is 42.0 Å². The lowest BCUT2D eigenvalue weighted by Gasteiger charge is -2.13. The first-order valence-corrected chi connectivity index (χ1v) is 7.85. The van der Waals surface area contributed by atoms with Crippen LogP contribution in [-0.2, 0) is 10.8 Å². The molecule has 0 saturated carbocycles. The molecule has 0 fully saturated rings. The fourth-order valence-electron chi connectivity index (χ4n) is 1.85. The van der Waals surface area contributed by atoms with Crippen molar-refractivity contribution in [2.75, 3.05) is 17.7 Å². The molecule has 108 valence electrons. The number of nitrogens with zero attached hydrogens (tertiary/aromatic N) is 4. The van der Waals surface area contributed by atoms with Crippen molar-refractivity contribution in [1.29, 1.82) is 0 Å². The van der Waals surface area contributed by atoms with E-state index in [9.17, 15) is 8.60 Å². The van der Waals surface area contributed by atoms with Crippen molar-refractivity contribution in [1.82, 2.24) is 20.2 Å². The van der Waals surface area contributed by atoms with Crippen molar-refractivity contribution < 1.29 is 8.60 Å². The number of nitrogens with two attached hydrogens (primary N) is 1. The van der Waals surface area contributed by atoms with Crippen molar-refractivity contribution in [3.63, 3.8) is 0 Å². The minimum Gasteiger partial charge on any atom is -0.398 e. The summed E-state index contributed by atoms with van der Waals surface area (Å²) < 4.78 is 26.1. The van der Waals surface area contributed by atoms with Gasteiger partial charge in [0.15, 0.2) is 5.82 Å². The second-order valence-corrected chi connectivity index (χ2v) is 6.15. The molecule has 0 aliphatic rings. The van der Waals surface area contributed by atoms with Gasteiger partial charge in [-0.1, -0.05) is 0 Å². The summed E-state index contributed by atoms with van der Waals surface area (Å²) in [5.74, 6) is 0.571. The highest BCUT2D eigenvalue weighted by molar-refractivity contribution is 7.84. The SMILES string of the molecule is CC(CCS(C)=O)n1nnnc1-c1cc(F)ccc1N. The number of rotatable bonds is 5. The van der Waals surface area contributed by atoms with E-state index >= 15 is 0 Å². The maximum atomic E-state index is 13.4. The van der Waals surface area contributed by atoms with Gasteiger partial charge in [0.2, 0.25) is 0 Å². The predicted molar refractivity (Wildman–Crippen MR) is 75.9 cm³/mol. The number of anilines is 1. The van der Waals surface area contributed by atoms with Gasteiger partial charge in [0.1, 0.15) is 5.82 Å². The molecule has 1 heterocycles. The van der Waals surface area contributed by atoms with Gasteiger partial charge in [-0.25, -0.2) is 9.07 Å². The zero-order valence-corrected chi connectivity index (χ0v) is 12.1. The van der Waals surface area contributed by atoms with Crippen LogP contribution in [0.4, 0.5) is 10.1 Å². The Kier molecular flexibility index (Phi) is 4.43. The quantitative estimate of drug-likeness (QED) is 0.843. The molecule has 0 bridgehead atoms. The van der Waals surface area contributed by atoms with Gasteiger partial charge in [-0.15, -0.1) is 5.10 Å². The van der Waals surface area contributed by atoms with Crippen LogP contribution >= 0.6 is 0 Å². The van der Waals surface area contributed by atoms with Crippen LogP contribution < -0.4 is 5.73 Å². The number of halogens is 1. The van der Waals surface area contributed by atoms with E-state index in [-0.39, 0.29) is 6.04 Å². The summed E-state index contributed by atoms with van der Waals surface area (Å²) >= 11 is 0.